The minimum atomic E-state index is 0.346. The van der Waals surface area contributed by atoms with Gasteiger partial charge in [-0.2, -0.15) is 0 Å². The van der Waals surface area contributed by atoms with Gasteiger partial charge in [-0.05, 0) is 44.7 Å². The third-order valence-corrected chi connectivity index (χ3v) is 4.59. The molecule has 2 nitrogen and oxygen atoms in total. The number of ether oxygens (including phenoxy) is 1. The second-order valence-corrected chi connectivity index (χ2v) is 5.97. The fraction of sp³-hybridized carbons (Fsp3) is 0.600. The molecule has 0 aliphatic carbocycles. The number of fused-ring (bicyclic) bond motifs is 2. The Morgan fingerprint density at radius 1 is 1.22 bits per heavy atom. The van der Waals surface area contributed by atoms with Gasteiger partial charge in [0.05, 0.1) is 0 Å². The highest BCUT2D eigenvalue weighted by Crippen LogP contribution is 2.31. The molecule has 98 valence electrons. The molecule has 2 aliphatic heterocycles. The summed E-state index contributed by atoms with van der Waals surface area (Å²) in [5, 5.41) is 4.48. The molecule has 0 saturated carbocycles. The molecular weight excluding hydrogens is 246 g/mol. The van der Waals surface area contributed by atoms with Gasteiger partial charge in [-0.1, -0.05) is 24.1 Å². The first-order valence-corrected chi connectivity index (χ1v) is 7.28. The van der Waals surface area contributed by atoms with E-state index in [1.165, 1.54) is 19.3 Å². The maximum Gasteiger partial charge on any atom is 0.124 e. The normalized spacial score (nSPS) is 31.1. The van der Waals surface area contributed by atoms with Crippen LogP contribution in [0.3, 0.4) is 0 Å². The topological polar surface area (TPSA) is 21.3 Å². The average molecular weight is 266 g/mol. The number of nitrogens with one attached hydrogen (secondary N) is 1. The molecule has 1 unspecified atom stereocenters. The van der Waals surface area contributed by atoms with Crippen molar-refractivity contribution in [3.63, 3.8) is 0 Å². The molecule has 2 saturated heterocycles. The fourth-order valence-corrected chi connectivity index (χ4v) is 3.37. The first-order chi connectivity index (χ1) is 8.72. The zero-order chi connectivity index (χ0) is 12.5. The highest BCUT2D eigenvalue weighted by atomic mass is 35.5. The summed E-state index contributed by atoms with van der Waals surface area (Å²) in [4.78, 5) is 0. The molecule has 3 rings (SSSR count). The molecule has 0 radical (unpaired) electrons. The lowest BCUT2D eigenvalue weighted by molar-refractivity contribution is 0.0921. The lowest BCUT2D eigenvalue weighted by atomic mass is 9.85. The maximum absolute atomic E-state index is 6.18. The van der Waals surface area contributed by atoms with Crippen LogP contribution < -0.4 is 10.1 Å². The van der Waals surface area contributed by atoms with E-state index in [9.17, 15) is 0 Å². The summed E-state index contributed by atoms with van der Waals surface area (Å²) in [7, 11) is 0. The molecule has 2 bridgehead atoms. The predicted molar refractivity (Wildman–Crippen MR) is 74.4 cm³/mol. The molecule has 3 atom stereocenters. The summed E-state index contributed by atoms with van der Waals surface area (Å²) in [6.07, 6.45) is 6.56. The summed E-state index contributed by atoms with van der Waals surface area (Å²) in [5.41, 5.74) is 1.06. The van der Waals surface area contributed by atoms with Crippen LogP contribution in [0.15, 0.2) is 18.2 Å². The largest absolute Gasteiger partial charge is 0.490 e. The van der Waals surface area contributed by atoms with Crippen LogP contribution in [-0.2, 0) is 0 Å². The number of halogens is 1. The fourth-order valence-electron chi connectivity index (χ4n) is 3.20. The summed E-state index contributed by atoms with van der Waals surface area (Å²) in [6, 6.07) is 7.22. The summed E-state index contributed by atoms with van der Waals surface area (Å²) in [6.45, 7) is 2.03. The van der Waals surface area contributed by atoms with Crippen LogP contribution in [0.4, 0.5) is 0 Å². The Bertz CT molecular complexity index is 423. The second kappa shape index (κ2) is 5.10. The van der Waals surface area contributed by atoms with E-state index < -0.39 is 0 Å². The predicted octanol–water partition coefficient (Wildman–Crippen LogP) is 3.70. The molecule has 1 aromatic rings. The van der Waals surface area contributed by atoms with Crippen LogP contribution >= 0.6 is 11.6 Å². The SMILES string of the molecule is Cc1c(Cl)cccc1OC1C[C@H]2CCC[C@@H](C1)N2. The van der Waals surface area contributed by atoms with Crippen LogP contribution in [0.1, 0.15) is 37.7 Å². The highest BCUT2D eigenvalue weighted by Gasteiger charge is 2.32. The van der Waals surface area contributed by atoms with Gasteiger partial charge in [0.15, 0.2) is 0 Å². The molecule has 0 amide bonds. The van der Waals surface area contributed by atoms with Gasteiger partial charge in [-0.3, -0.25) is 0 Å². The molecule has 1 N–H and O–H groups in total. The van der Waals surface area contributed by atoms with Crippen LogP contribution in [0.25, 0.3) is 0 Å². The number of hydrogen-bond donors (Lipinski definition) is 1. The summed E-state index contributed by atoms with van der Waals surface area (Å²) in [5.74, 6) is 0.951. The van der Waals surface area contributed by atoms with Gasteiger partial charge in [0, 0.05) is 22.7 Å². The molecule has 0 aromatic heterocycles. The van der Waals surface area contributed by atoms with Crippen LogP contribution in [0.2, 0.25) is 5.02 Å². The molecule has 0 spiro atoms. The van der Waals surface area contributed by atoms with Crippen molar-refractivity contribution in [2.24, 2.45) is 0 Å². The summed E-state index contributed by atoms with van der Waals surface area (Å²) >= 11 is 6.13. The molecule has 18 heavy (non-hydrogen) atoms. The third kappa shape index (κ3) is 2.50. The van der Waals surface area contributed by atoms with E-state index in [1.807, 2.05) is 25.1 Å². The zero-order valence-electron chi connectivity index (χ0n) is 10.8. The third-order valence-electron chi connectivity index (χ3n) is 4.18. The Labute approximate surface area is 114 Å². The van der Waals surface area contributed by atoms with Crippen LogP contribution in [0, 0.1) is 6.92 Å². The molecule has 3 heteroatoms. The van der Waals surface area contributed by atoms with Crippen LogP contribution in [-0.4, -0.2) is 18.2 Å². The van der Waals surface area contributed by atoms with Crippen molar-refractivity contribution < 1.29 is 4.74 Å². The van der Waals surface area contributed by atoms with Crippen LogP contribution in [0.5, 0.6) is 5.75 Å². The van der Waals surface area contributed by atoms with E-state index in [0.29, 0.717) is 18.2 Å². The Hall–Kier alpha value is -0.730. The van der Waals surface area contributed by atoms with Gasteiger partial charge in [0.1, 0.15) is 11.9 Å². The quantitative estimate of drug-likeness (QED) is 0.880. The molecule has 1 aromatic carbocycles. The first kappa shape index (κ1) is 12.3. The maximum atomic E-state index is 6.18. The monoisotopic (exact) mass is 265 g/mol. The van der Waals surface area contributed by atoms with Crippen molar-refractivity contribution in [1.82, 2.24) is 5.32 Å². The summed E-state index contributed by atoms with van der Waals surface area (Å²) < 4.78 is 6.18. The van der Waals surface area contributed by atoms with Crippen molar-refractivity contribution >= 4 is 11.6 Å². The molecule has 2 fully saturated rings. The van der Waals surface area contributed by atoms with Gasteiger partial charge in [0.2, 0.25) is 0 Å². The minimum absolute atomic E-state index is 0.346. The Morgan fingerprint density at radius 3 is 2.67 bits per heavy atom. The van der Waals surface area contributed by atoms with Gasteiger partial charge in [0.25, 0.3) is 0 Å². The number of piperidine rings is 2. The number of rotatable bonds is 2. The lowest BCUT2D eigenvalue weighted by Gasteiger charge is -2.40. The van der Waals surface area contributed by atoms with Gasteiger partial charge in [-0.15, -0.1) is 0 Å². The molecule has 2 aliphatic rings. The Balaban J connectivity index is 1.71. The molecule has 2 heterocycles. The van der Waals surface area contributed by atoms with Gasteiger partial charge < -0.3 is 10.1 Å². The second-order valence-electron chi connectivity index (χ2n) is 5.57. The van der Waals surface area contributed by atoms with E-state index in [1.54, 1.807) is 0 Å². The van der Waals surface area contributed by atoms with Crippen molar-refractivity contribution in [1.29, 1.82) is 0 Å². The highest BCUT2D eigenvalue weighted by molar-refractivity contribution is 6.31. The Kier molecular flexibility index (Phi) is 3.49. The van der Waals surface area contributed by atoms with E-state index in [-0.39, 0.29) is 0 Å². The van der Waals surface area contributed by atoms with Crippen molar-refractivity contribution in [3.8, 4) is 5.75 Å². The van der Waals surface area contributed by atoms with E-state index >= 15 is 0 Å². The van der Waals surface area contributed by atoms with E-state index in [4.69, 9.17) is 16.3 Å². The lowest BCUT2D eigenvalue weighted by Crippen LogP contribution is -2.51. The average Bonchev–Trinajstić information content (AvgIpc) is 2.35. The van der Waals surface area contributed by atoms with E-state index in [0.717, 1.165) is 29.2 Å². The van der Waals surface area contributed by atoms with Gasteiger partial charge in [-0.25, -0.2) is 0 Å². The number of benzene rings is 1. The first-order valence-electron chi connectivity index (χ1n) is 6.90. The zero-order valence-corrected chi connectivity index (χ0v) is 11.5. The standard InChI is InChI=1S/C15H20ClNO/c1-10-14(16)6-3-7-15(10)18-13-8-11-4-2-5-12(9-13)17-11/h3,6-7,11-13,17H,2,4-5,8-9H2,1H3/t11-,12+,13?. The van der Waals surface area contributed by atoms with Gasteiger partial charge >= 0.3 is 0 Å². The smallest absolute Gasteiger partial charge is 0.124 e. The van der Waals surface area contributed by atoms with Crippen molar-refractivity contribution in [2.75, 3.05) is 0 Å². The van der Waals surface area contributed by atoms with Crippen molar-refractivity contribution in [3.05, 3.63) is 28.8 Å². The molecular formula is C15H20ClNO. The Morgan fingerprint density at radius 2 is 1.94 bits per heavy atom. The number of hydrogen-bond acceptors (Lipinski definition) is 2. The van der Waals surface area contributed by atoms with Crippen molar-refractivity contribution in [2.45, 2.75) is 57.2 Å². The minimum Gasteiger partial charge on any atom is -0.490 e. The van der Waals surface area contributed by atoms with E-state index in [2.05, 4.69) is 5.32 Å².